The molecule has 192 valence electrons. The highest BCUT2D eigenvalue weighted by molar-refractivity contribution is 5.94. The van der Waals surface area contributed by atoms with Gasteiger partial charge in [-0.3, -0.25) is 14.7 Å². The molecule has 4 aliphatic rings. The standard InChI is InChI=1S/C27H30N6O4/c1-35-24-7-5-20-26(32-24)25-15(13-36-22(25)11-29-20)12-33-18-3-4-19(33)9-17(8-18)28-10-16-2-6-21-27(30-16)31-23(34)14-37-21/h2,5-7,11,15,17-19,28H,3-4,8-10,12-14H2,1H3,(H,30,31,34). The van der Waals surface area contributed by atoms with Crippen LogP contribution in [0.25, 0.3) is 11.0 Å². The molecule has 2 saturated heterocycles. The fraction of sp³-hybridized carbons (Fsp3) is 0.481. The Morgan fingerprint density at radius 2 is 1.97 bits per heavy atom. The van der Waals surface area contributed by atoms with Crippen LogP contribution >= 0.6 is 0 Å². The van der Waals surface area contributed by atoms with Gasteiger partial charge in [0.2, 0.25) is 5.88 Å². The number of nitrogens with zero attached hydrogens (tertiary/aromatic N) is 4. The van der Waals surface area contributed by atoms with Crippen molar-refractivity contribution in [1.29, 1.82) is 0 Å². The summed E-state index contributed by atoms with van der Waals surface area (Å²) in [4.78, 5) is 28.2. The number of anilines is 1. The topological polar surface area (TPSA) is 111 Å². The minimum Gasteiger partial charge on any atom is -0.491 e. The molecule has 2 N–H and O–H groups in total. The molecule has 0 aliphatic carbocycles. The van der Waals surface area contributed by atoms with Gasteiger partial charge in [0.25, 0.3) is 5.91 Å². The lowest BCUT2D eigenvalue weighted by Gasteiger charge is -2.40. The summed E-state index contributed by atoms with van der Waals surface area (Å²) in [5, 5.41) is 6.52. The van der Waals surface area contributed by atoms with Crippen molar-refractivity contribution in [2.45, 2.75) is 56.3 Å². The van der Waals surface area contributed by atoms with E-state index in [4.69, 9.17) is 19.2 Å². The van der Waals surface area contributed by atoms with Crippen molar-refractivity contribution in [3.05, 3.63) is 41.7 Å². The van der Waals surface area contributed by atoms with Crippen LogP contribution in [0.5, 0.6) is 17.4 Å². The molecule has 3 aromatic rings. The Morgan fingerprint density at radius 1 is 1.11 bits per heavy atom. The summed E-state index contributed by atoms with van der Waals surface area (Å²) < 4.78 is 16.9. The molecular weight excluding hydrogens is 472 g/mol. The molecule has 0 spiro atoms. The molecule has 7 heterocycles. The van der Waals surface area contributed by atoms with E-state index in [1.54, 1.807) is 7.11 Å². The van der Waals surface area contributed by atoms with Crippen molar-refractivity contribution < 1.29 is 19.0 Å². The zero-order chi connectivity index (χ0) is 24.9. The van der Waals surface area contributed by atoms with Gasteiger partial charge >= 0.3 is 0 Å². The number of amides is 1. The van der Waals surface area contributed by atoms with Gasteiger partial charge in [-0.05, 0) is 43.9 Å². The summed E-state index contributed by atoms with van der Waals surface area (Å²) >= 11 is 0. The van der Waals surface area contributed by atoms with Crippen LogP contribution in [0.3, 0.4) is 0 Å². The first-order valence-corrected chi connectivity index (χ1v) is 13.0. The maximum atomic E-state index is 11.6. The van der Waals surface area contributed by atoms with Gasteiger partial charge in [-0.1, -0.05) is 0 Å². The van der Waals surface area contributed by atoms with E-state index in [1.165, 1.54) is 12.8 Å². The molecule has 1 amide bonds. The summed E-state index contributed by atoms with van der Waals surface area (Å²) in [6.45, 7) is 2.35. The second kappa shape index (κ2) is 9.11. The average molecular weight is 503 g/mol. The van der Waals surface area contributed by atoms with Crippen LogP contribution in [0.1, 0.15) is 42.9 Å². The number of aromatic nitrogens is 3. The zero-order valence-corrected chi connectivity index (χ0v) is 20.8. The van der Waals surface area contributed by atoms with Crippen LogP contribution in [0, 0.1) is 0 Å². The van der Waals surface area contributed by atoms with Crippen molar-refractivity contribution >= 4 is 22.8 Å². The number of carbonyl (C=O) groups is 1. The molecule has 37 heavy (non-hydrogen) atoms. The average Bonchev–Trinajstić information content (AvgIpc) is 3.43. The molecule has 7 rings (SSSR count). The van der Waals surface area contributed by atoms with Crippen LogP contribution < -0.4 is 24.8 Å². The first-order chi connectivity index (χ1) is 18.1. The molecule has 2 fully saturated rings. The Morgan fingerprint density at radius 3 is 2.81 bits per heavy atom. The number of piperidine rings is 1. The van der Waals surface area contributed by atoms with E-state index in [-0.39, 0.29) is 18.4 Å². The Kier molecular flexibility index (Phi) is 5.58. The highest BCUT2D eigenvalue weighted by Crippen LogP contribution is 2.42. The number of methoxy groups -OCH3 is 1. The Labute approximate surface area is 214 Å². The molecule has 0 saturated carbocycles. The van der Waals surface area contributed by atoms with Crippen molar-refractivity contribution in [2.75, 3.05) is 32.2 Å². The van der Waals surface area contributed by atoms with Gasteiger partial charge in [0.1, 0.15) is 11.3 Å². The molecule has 2 bridgehead atoms. The summed E-state index contributed by atoms with van der Waals surface area (Å²) in [6, 6.07) is 9.23. The van der Waals surface area contributed by atoms with Crippen LogP contribution in [-0.4, -0.2) is 70.8 Å². The number of pyridine rings is 3. The number of hydrogen-bond donors (Lipinski definition) is 2. The van der Waals surface area contributed by atoms with E-state index in [2.05, 4.69) is 25.5 Å². The smallest absolute Gasteiger partial charge is 0.263 e. The first-order valence-electron chi connectivity index (χ1n) is 13.0. The van der Waals surface area contributed by atoms with E-state index >= 15 is 0 Å². The third kappa shape index (κ3) is 4.14. The van der Waals surface area contributed by atoms with E-state index in [9.17, 15) is 4.79 Å². The molecule has 10 heteroatoms. The van der Waals surface area contributed by atoms with Crippen LogP contribution in [0.4, 0.5) is 5.82 Å². The quantitative estimate of drug-likeness (QED) is 0.525. The summed E-state index contributed by atoms with van der Waals surface area (Å²) in [5.74, 6) is 2.70. The lowest BCUT2D eigenvalue weighted by Crippen LogP contribution is -2.50. The second-order valence-electron chi connectivity index (χ2n) is 10.4. The van der Waals surface area contributed by atoms with Gasteiger partial charge in [-0.2, -0.15) is 0 Å². The largest absolute Gasteiger partial charge is 0.491 e. The normalized spacial score (nSPS) is 26.2. The van der Waals surface area contributed by atoms with Crippen LogP contribution in [0.2, 0.25) is 0 Å². The van der Waals surface area contributed by atoms with Crippen molar-refractivity contribution in [2.24, 2.45) is 0 Å². The lowest BCUT2D eigenvalue weighted by atomic mass is 9.93. The predicted molar refractivity (Wildman–Crippen MR) is 136 cm³/mol. The molecule has 0 radical (unpaired) electrons. The summed E-state index contributed by atoms with van der Waals surface area (Å²) in [6.07, 6.45) is 6.53. The minimum atomic E-state index is -0.163. The molecular formula is C27H30N6O4. The third-order valence-electron chi connectivity index (χ3n) is 8.17. The van der Waals surface area contributed by atoms with Gasteiger partial charge in [-0.25, -0.2) is 9.97 Å². The maximum Gasteiger partial charge on any atom is 0.263 e. The highest BCUT2D eigenvalue weighted by atomic mass is 16.5. The molecule has 10 nitrogen and oxygen atoms in total. The zero-order valence-electron chi connectivity index (χ0n) is 20.8. The molecule has 3 aromatic heterocycles. The number of rotatable bonds is 6. The van der Waals surface area contributed by atoms with Gasteiger partial charge in [0.05, 0.1) is 31.1 Å². The second-order valence-corrected chi connectivity index (χ2v) is 10.4. The Hall–Kier alpha value is -3.50. The number of ether oxygens (including phenoxy) is 3. The molecule has 4 aliphatic heterocycles. The van der Waals surface area contributed by atoms with Gasteiger partial charge in [-0.15, -0.1) is 0 Å². The minimum absolute atomic E-state index is 0.0456. The molecule has 3 unspecified atom stereocenters. The van der Waals surface area contributed by atoms with E-state index < -0.39 is 0 Å². The fourth-order valence-corrected chi connectivity index (χ4v) is 6.44. The lowest BCUT2D eigenvalue weighted by molar-refractivity contribution is -0.118. The number of nitrogens with one attached hydrogen (secondary N) is 2. The highest BCUT2D eigenvalue weighted by Gasteiger charge is 2.43. The summed E-state index contributed by atoms with van der Waals surface area (Å²) in [5.41, 5.74) is 3.84. The van der Waals surface area contributed by atoms with E-state index in [0.717, 1.165) is 47.4 Å². The number of fused-ring (bicyclic) bond motifs is 6. The fourth-order valence-electron chi connectivity index (χ4n) is 6.44. The molecule has 3 atom stereocenters. The van der Waals surface area contributed by atoms with Crippen molar-refractivity contribution in [3.8, 4) is 17.4 Å². The van der Waals surface area contributed by atoms with Crippen molar-refractivity contribution in [3.63, 3.8) is 0 Å². The SMILES string of the molecule is COc1ccc2ncc3c(c2n1)C(CN1C2CCC1CC(NCc1ccc4c(n1)NC(=O)CO4)C2)CO3. The number of carbonyl (C=O) groups excluding carboxylic acids is 1. The van der Waals surface area contributed by atoms with Crippen LogP contribution in [0.15, 0.2) is 30.5 Å². The van der Waals surface area contributed by atoms with Gasteiger partial charge in [0.15, 0.2) is 18.2 Å². The predicted octanol–water partition coefficient (Wildman–Crippen LogP) is 2.63. The van der Waals surface area contributed by atoms with E-state index in [0.29, 0.717) is 48.7 Å². The monoisotopic (exact) mass is 502 g/mol. The first kappa shape index (κ1) is 22.7. The van der Waals surface area contributed by atoms with Gasteiger partial charge in [0, 0.05) is 48.8 Å². The third-order valence-corrected chi connectivity index (χ3v) is 8.17. The van der Waals surface area contributed by atoms with Crippen LogP contribution in [-0.2, 0) is 11.3 Å². The van der Waals surface area contributed by atoms with E-state index in [1.807, 2.05) is 30.5 Å². The summed E-state index contributed by atoms with van der Waals surface area (Å²) in [7, 11) is 1.64. The molecule has 0 aromatic carbocycles. The maximum absolute atomic E-state index is 11.6. The van der Waals surface area contributed by atoms with Crippen molar-refractivity contribution in [1.82, 2.24) is 25.2 Å². The Balaban J connectivity index is 1.02. The Bertz CT molecular complexity index is 1350. The number of hydrogen-bond acceptors (Lipinski definition) is 9. The van der Waals surface area contributed by atoms with Gasteiger partial charge < -0.3 is 24.8 Å².